The molecule has 0 spiro atoms. The zero-order valence-corrected chi connectivity index (χ0v) is 19.7. The van der Waals surface area contributed by atoms with Gasteiger partial charge in [0.05, 0.1) is 6.54 Å². The first-order valence-corrected chi connectivity index (χ1v) is 11.5. The molecule has 4 rings (SSSR count). The molecule has 4 aromatic rings. The molecule has 6 nitrogen and oxygen atoms in total. The van der Waals surface area contributed by atoms with Crippen molar-refractivity contribution in [2.24, 2.45) is 0 Å². The highest BCUT2D eigenvalue weighted by Gasteiger charge is 2.35. The third-order valence-corrected chi connectivity index (χ3v) is 6.43. The van der Waals surface area contributed by atoms with E-state index in [0.29, 0.717) is 6.54 Å². The number of hydrogen-bond acceptors (Lipinski definition) is 6. The van der Waals surface area contributed by atoms with Gasteiger partial charge in [0, 0.05) is 34.5 Å². The van der Waals surface area contributed by atoms with Crippen LogP contribution in [0.3, 0.4) is 0 Å². The van der Waals surface area contributed by atoms with Crippen LogP contribution in [0.15, 0.2) is 67.3 Å². The van der Waals surface area contributed by atoms with Crippen molar-refractivity contribution in [1.82, 2.24) is 19.7 Å². The summed E-state index contributed by atoms with van der Waals surface area (Å²) < 4.78 is 70.5. The van der Waals surface area contributed by atoms with E-state index in [1.807, 2.05) is 12.1 Å². The van der Waals surface area contributed by atoms with Crippen LogP contribution in [0.1, 0.15) is 10.4 Å². The average molecular weight is 525 g/mol. The number of hydrogen-bond donors (Lipinski definition) is 1. The van der Waals surface area contributed by atoms with E-state index in [1.165, 1.54) is 59.0 Å². The summed E-state index contributed by atoms with van der Waals surface area (Å²) in [5, 5.41) is 15.5. The van der Waals surface area contributed by atoms with Crippen molar-refractivity contribution < 1.29 is 31.8 Å². The Kier molecular flexibility index (Phi) is 7.38. The summed E-state index contributed by atoms with van der Waals surface area (Å²) in [6, 6.07) is 12.3. The first-order chi connectivity index (χ1) is 17.0. The fraction of sp³-hybridized carbons (Fsp3) is 0.250. The van der Waals surface area contributed by atoms with Crippen LogP contribution in [0.25, 0.3) is 10.4 Å². The van der Waals surface area contributed by atoms with Crippen LogP contribution < -0.4 is 4.74 Å². The van der Waals surface area contributed by atoms with E-state index in [4.69, 9.17) is 0 Å². The largest absolute Gasteiger partial charge is 0.573 e. The second-order valence-electron chi connectivity index (χ2n) is 8.26. The smallest absolute Gasteiger partial charge is 0.406 e. The van der Waals surface area contributed by atoms with Crippen molar-refractivity contribution in [1.29, 1.82) is 0 Å². The molecule has 0 amide bonds. The molecular formula is C24H21F5N4O2S. The predicted molar refractivity (Wildman–Crippen MR) is 123 cm³/mol. The molecule has 0 bridgehead atoms. The highest BCUT2D eigenvalue weighted by Crippen LogP contribution is 2.32. The molecule has 0 aliphatic carbocycles. The number of alkyl halides is 3. The SMILES string of the molecule is CN(Cc1ccc(-c2ccc(OC(F)(F)F)cc2)s1)CC(O)(Cn1cncn1)c1ccc(F)cc1F. The first kappa shape index (κ1) is 25.7. The third-order valence-electron chi connectivity index (χ3n) is 5.31. The number of thiophene rings is 1. The topological polar surface area (TPSA) is 63.4 Å². The quantitative estimate of drug-likeness (QED) is 0.305. The molecule has 2 aromatic heterocycles. The maximum atomic E-state index is 14.6. The second kappa shape index (κ2) is 10.3. The van der Waals surface area contributed by atoms with Gasteiger partial charge in [0.2, 0.25) is 0 Å². The number of nitrogens with zero attached hydrogens (tertiary/aromatic N) is 4. The minimum atomic E-state index is -4.76. The molecule has 0 saturated heterocycles. The Morgan fingerprint density at radius 2 is 1.81 bits per heavy atom. The molecule has 0 radical (unpaired) electrons. The Bertz CT molecular complexity index is 1290. The molecule has 0 fully saturated rings. The molecule has 0 aliphatic heterocycles. The Morgan fingerprint density at radius 1 is 1.06 bits per heavy atom. The fourth-order valence-corrected chi connectivity index (χ4v) is 4.97. The normalized spacial score (nSPS) is 13.7. The number of aromatic nitrogens is 3. The lowest BCUT2D eigenvalue weighted by atomic mass is 9.92. The Labute approximate surface area is 207 Å². The van der Waals surface area contributed by atoms with E-state index < -0.39 is 23.6 Å². The van der Waals surface area contributed by atoms with Gasteiger partial charge in [-0.2, -0.15) is 5.10 Å². The summed E-state index contributed by atoms with van der Waals surface area (Å²) in [5.41, 5.74) is -1.09. The summed E-state index contributed by atoms with van der Waals surface area (Å²) in [4.78, 5) is 7.38. The van der Waals surface area contributed by atoms with E-state index in [2.05, 4.69) is 14.8 Å². The van der Waals surface area contributed by atoms with Gasteiger partial charge in [-0.3, -0.25) is 4.90 Å². The molecule has 1 unspecified atom stereocenters. The highest BCUT2D eigenvalue weighted by atomic mass is 32.1. The van der Waals surface area contributed by atoms with Crippen molar-refractivity contribution in [2.75, 3.05) is 13.6 Å². The van der Waals surface area contributed by atoms with Crippen molar-refractivity contribution in [3.63, 3.8) is 0 Å². The lowest BCUT2D eigenvalue weighted by Crippen LogP contribution is -2.43. The Hall–Kier alpha value is -3.35. The summed E-state index contributed by atoms with van der Waals surface area (Å²) in [6.45, 7) is 0.274. The van der Waals surface area contributed by atoms with Gasteiger partial charge in [0.25, 0.3) is 0 Å². The van der Waals surface area contributed by atoms with E-state index in [1.54, 1.807) is 11.9 Å². The minimum Gasteiger partial charge on any atom is -0.406 e. The number of aliphatic hydroxyl groups is 1. The molecule has 190 valence electrons. The monoisotopic (exact) mass is 524 g/mol. The van der Waals surface area contributed by atoms with Crippen LogP contribution in [0.2, 0.25) is 0 Å². The summed E-state index contributed by atoms with van der Waals surface area (Å²) in [6.07, 6.45) is -2.07. The molecule has 0 saturated carbocycles. The number of likely N-dealkylation sites (N-methyl/N-ethyl adjacent to an activating group) is 1. The van der Waals surface area contributed by atoms with Crippen LogP contribution in [0.5, 0.6) is 5.75 Å². The summed E-state index contributed by atoms with van der Waals surface area (Å²) >= 11 is 1.43. The van der Waals surface area contributed by atoms with Crippen LogP contribution in [0, 0.1) is 11.6 Å². The zero-order chi connectivity index (χ0) is 25.9. The van der Waals surface area contributed by atoms with Gasteiger partial charge in [0.15, 0.2) is 0 Å². The lowest BCUT2D eigenvalue weighted by Gasteiger charge is -2.33. The first-order valence-electron chi connectivity index (χ1n) is 10.6. The van der Waals surface area contributed by atoms with E-state index in [-0.39, 0.29) is 24.4 Å². The van der Waals surface area contributed by atoms with Crippen LogP contribution in [-0.4, -0.2) is 44.7 Å². The van der Waals surface area contributed by atoms with Crippen LogP contribution in [-0.2, 0) is 18.7 Å². The molecule has 36 heavy (non-hydrogen) atoms. The zero-order valence-electron chi connectivity index (χ0n) is 18.9. The van der Waals surface area contributed by atoms with Gasteiger partial charge in [-0.1, -0.05) is 6.07 Å². The number of ether oxygens (including phenoxy) is 1. The van der Waals surface area contributed by atoms with Crippen molar-refractivity contribution >= 4 is 11.3 Å². The van der Waals surface area contributed by atoms with E-state index in [9.17, 15) is 27.1 Å². The van der Waals surface area contributed by atoms with Crippen molar-refractivity contribution in [3.8, 4) is 16.2 Å². The standard InChI is InChI=1S/C24H21F5N4O2S/c1-32(11-19-7-9-22(36-19)16-2-5-18(6-3-16)35-24(27,28)29)12-23(34,13-33-15-30-14-31-33)20-8-4-17(25)10-21(20)26/h2-10,14-15,34H,11-13H2,1H3. The maximum absolute atomic E-state index is 14.6. The van der Waals surface area contributed by atoms with E-state index >= 15 is 0 Å². The number of benzene rings is 2. The number of rotatable bonds is 9. The van der Waals surface area contributed by atoms with Gasteiger partial charge >= 0.3 is 6.36 Å². The average Bonchev–Trinajstić information content (AvgIpc) is 3.45. The molecular weight excluding hydrogens is 503 g/mol. The van der Waals surface area contributed by atoms with Gasteiger partial charge in [0.1, 0.15) is 35.6 Å². The lowest BCUT2D eigenvalue weighted by molar-refractivity contribution is -0.274. The molecule has 12 heteroatoms. The van der Waals surface area contributed by atoms with Gasteiger partial charge in [-0.25, -0.2) is 18.4 Å². The Balaban J connectivity index is 1.48. The number of halogens is 5. The van der Waals surface area contributed by atoms with Crippen molar-refractivity contribution in [2.45, 2.75) is 25.1 Å². The summed E-state index contributed by atoms with van der Waals surface area (Å²) in [5.74, 6) is -1.93. The molecule has 1 atom stereocenters. The van der Waals surface area contributed by atoms with Gasteiger partial charge in [-0.05, 0) is 55.1 Å². The predicted octanol–water partition coefficient (Wildman–Crippen LogP) is 5.20. The maximum Gasteiger partial charge on any atom is 0.573 e. The van der Waals surface area contributed by atoms with Crippen LogP contribution >= 0.6 is 11.3 Å². The van der Waals surface area contributed by atoms with E-state index in [0.717, 1.165) is 27.5 Å². The van der Waals surface area contributed by atoms with Gasteiger partial charge < -0.3 is 9.84 Å². The highest BCUT2D eigenvalue weighted by molar-refractivity contribution is 7.15. The Morgan fingerprint density at radius 3 is 2.44 bits per heavy atom. The molecule has 2 heterocycles. The molecule has 1 N–H and O–H groups in total. The fourth-order valence-electron chi connectivity index (χ4n) is 3.88. The summed E-state index contributed by atoms with van der Waals surface area (Å²) in [7, 11) is 1.75. The molecule has 0 aliphatic rings. The third kappa shape index (κ3) is 6.45. The van der Waals surface area contributed by atoms with Crippen molar-refractivity contribution in [3.05, 3.63) is 89.3 Å². The van der Waals surface area contributed by atoms with Crippen LogP contribution in [0.4, 0.5) is 22.0 Å². The van der Waals surface area contributed by atoms with Gasteiger partial charge in [-0.15, -0.1) is 24.5 Å². The second-order valence-corrected chi connectivity index (χ2v) is 9.43. The molecule has 2 aromatic carbocycles. The minimum absolute atomic E-state index is 0.00781.